The van der Waals surface area contributed by atoms with Gasteiger partial charge in [-0.15, -0.1) is 0 Å². The smallest absolute Gasteiger partial charge is 0.420 e. The van der Waals surface area contributed by atoms with Crippen LogP contribution >= 0.6 is 22.6 Å². The molecule has 0 fully saturated rings. The summed E-state index contributed by atoms with van der Waals surface area (Å²) in [7, 11) is 0. The van der Waals surface area contributed by atoms with Gasteiger partial charge in [0.2, 0.25) is 0 Å². The Hall–Kier alpha value is -1.24. The quantitative estimate of drug-likeness (QED) is 0.290. The van der Waals surface area contributed by atoms with Crippen LogP contribution in [0.5, 0.6) is 0 Å². The zero-order valence-corrected chi connectivity index (χ0v) is 13.1. The van der Waals surface area contributed by atoms with E-state index in [-0.39, 0.29) is 0 Å². The molecule has 0 aliphatic rings. The van der Waals surface area contributed by atoms with Crippen molar-refractivity contribution in [3.05, 3.63) is 38.9 Å². The van der Waals surface area contributed by atoms with Gasteiger partial charge in [0.25, 0.3) is 0 Å². The summed E-state index contributed by atoms with van der Waals surface area (Å²) in [5.74, 6) is -0.845. The Labute approximate surface area is 125 Å². The Morgan fingerprint density at radius 1 is 1.42 bits per heavy atom. The molecule has 1 unspecified atom stereocenters. The lowest BCUT2D eigenvalue weighted by atomic mass is 10.1. The number of aliphatic hydroxyl groups excluding tert-OH is 1. The molecule has 1 aromatic carbocycles. The van der Waals surface area contributed by atoms with Gasteiger partial charge >= 0.3 is 11.7 Å². The van der Waals surface area contributed by atoms with Crippen LogP contribution in [0, 0.1) is 3.57 Å². The fourth-order valence-corrected chi connectivity index (χ4v) is 2.06. The van der Waals surface area contributed by atoms with Gasteiger partial charge in [-0.25, -0.2) is 4.79 Å². The number of nitrogens with zero attached hydrogens (tertiary/aromatic N) is 2. The van der Waals surface area contributed by atoms with Gasteiger partial charge in [-0.2, -0.15) is 4.79 Å². The first-order valence-electron chi connectivity index (χ1n) is 5.64. The molecule has 0 radical (unpaired) electrons. The van der Waals surface area contributed by atoms with E-state index in [1.807, 2.05) is 22.6 Å². The fourth-order valence-electron chi connectivity index (χ4n) is 1.38. The van der Waals surface area contributed by atoms with Crippen LogP contribution in [0.4, 0.5) is 0 Å². The van der Waals surface area contributed by atoms with E-state index in [1.165, 1.54) is 0 Å². The van der Waals surface area contributed by atoms with Crippen molar-refractivity contribution in [3.63, 3.8) is 0 Å². The summed E-state index contributed by atoms with van der Waals surface area (Å²) in [5, 5.41) is 10.1. The van der Waals surface area contributed by atoms with Crippen LogP contribution in [-0.4, -0.2) is 27.2 Å². The summed E-state index contributed by atoms with van der Waals surface area (Å²) in [4.78, 5) is 14.7. The standard InChI is InChI=1S/C13H15IN2O3/c1-13(2,3)19-12(18)10(16-15)11(17)8-6-4-5-7-9(8)14/h4-7,11,17H,1-3H3. The third-order valence-corrected chi connectivity index (χ3v) is 3.16. The van der Waals surface area contributed by atoms with Crippen molar-refractivity contribution < 1.29 is 19.4 Å². The normalized spacial score (nSPS) is 12.5. The third-order valence-electron chi connectivity index (χ3n) is 2.17. The number of rotatable bonds is 3. The van der Waals surface area contributed by atoms with Crippen molar-refractivity contribution in [2.24, 2.45) is 0 Å². The zero-order chi connectivity index (χ0) is 14.6. The molecular formula is C13H15IN2O3. The highest BCUT2D eigenvalue weighted by atomic mass is 127. The molecule has 0 amide bonds. The Morgan fingerprint density at radius 2 is 2.00 bits per heavy atom. The molecule has 0 aromatic heterocycles. The van der Waals surface area contributed by atoms with E-state index in [4.69, 9.17) is 10.3 Å². The number of esters is 1. The van der Waals surface area contributed by atoms with Gasteiger partial charge < -0.3 is 15.4 Å². The van der Waals surface area contributed by atoms with Gasteiger partial charge in [0.1, 0.15) is 5.60 Å². The maximum absolute atomic E-state index is 11.8. The molecule has 6 heteroatoms. The second kappa shape index (κ2) is 6.27. The van der Waals surface area contributed by atoms with E-state index >= 15 is 0 Å². The SMILES string of the molecule is CC(C)(C)OC(=O)C(=[N+]=[N-])C(O)c1ccccc1I. The molecule has 5 nitrogen and oxygen atoms in total. The minimum Gasteiger partial charge on any atom is -0.451 e. The molecule has 19 heavy (non-hydrogen) atoms. The number of halogens is 1. The summed E-state index contributed by atoms with van der Waals surface area (Å²) in [6.07, 6.45) is -1.33. The van der Waals surface area contributed by atoms with E-state index < -0.39 is 23.4 Å². The van der Waals surface area contributed by atoms with E-state index in [2.05, 4.69) is 4.79 Å². The largest absolute Gasteiger partial charge is 0.451 e. The van der Waals surface area contributed by atoms with Gasteiger partial charge in [-0.1, -0.05) is 18.2 Å². The average Bonchev–Trinajstić information content (AvgIpc) is 2.27. The van der Waals surface area contributed by atoms with Crippen LogP contribution in [0.25, 0.3) is 5.53 Å². The average molecular weight is 374 g/mol. The Bertz CT molecular complexity index is 531. The lowest BCUT2D eigenvalue weighted by Crippen LogP contribution is -2.33. The highest BCUT2D eigenvalue weighted by Crippen LogP contribution is 2.21. The van der Waals surface area contributed by atoms with E-state index in [1.54, 1.807) is 45.0 Å². The molecule has 1 rings (SSSR count). The number of ether oxygens (including phenoxy) is 1. The number of carbonyl (C=O) groups is 1. The predicted molar refractivity (Wildman–Crippen MR) is 78.6 cm³/mol. The molecule has 102 valence electrons. The first kappa shape index (κ1) is 15.8. The van der Waals surface area contributed by atoms with E-state index in [0.29, 0.717) is 5.56 Å². The molecule has 1 N–H and O–H groups in total. The van der Waals surface area contributed by atoms with E-state index in [9.17, 15) is 9.90 Å². The van der Waals surface area contributed by atoms with Gasteiger partial charge in [0, 0.05) is 9.13 Å². The minimum atomic E-state index is -1.33. The molecule has 1 aromatic rings. The monoisotopic (exact) mass is 374 g/mol. The molecule has 0 saturated carbocycles. The summed E-state index contributed by atoms with van der Waals surface area (Å²) in [5.41, 5.74) is 8.27. The molecule has 0 bridgehead atoms. The second-order valence-corrected chi connectivity index (χ2v) is 6.07. The van der Waals surface area contributed by atoms with Crippen molar-refractivity contribution in [2.75, 3.05) is 0 Å². The summed E-state index contributed by atoms with van der Waals surface area (Å²) in [6, 6.07) is 6.97. The first-order valence-corrected chi connectivity index (χ1v) is 6.72. The Morgan fingerprint density at radius 3 is 2.47 bits per heavy atom. The summed E-state index contributed by atoms with van der Waals surface area (Å²) in [6.45, 7) is 5.08. The summed E-state index contributed by atoms with van der Waals surface area (Å²) >= 11 is 2.03. The molecule has 0 spiro atoms. The third kappa shape index (κ3) is 4.41. The lowest BCUT2D eigenvalue weighted by Gasteiger charge is -2.18. The molecule has 0 aliphatic heterocycles. The predicted octanol–water partition coefficient (Wildman–Crippen LogP) is 2.34. The molecular weight excluding hydrogens is 359 g/mol. The van der Waals surface area contributed by atoms with E-state index in [0.717, 1.165) is 3.57 Å². The van der Waals surface area contributed by atoms with Gasteiger partial charge in [0.05, 0.1) is 0 Å². The van der Waals surface area contributed by atoms with Crippen molar-refractivity contribution in [2.45, 2.75) is 32.5 Å². The van der Waals surface area contributed by atoms with Crippen LogP contribution in [-0.2, 0) is 9.53 Å². The van der Waals surface area contributed by atoms with Crippen LogP contribution in [0.2, 0.25) is 0 Å². The van der Waals surface area contributed by atoms with Gasteiger partial charge in [-0.3, -0.25) is 0 Å². The van der Waals surface area contributed by atoms with Gasteiger partial charge in [0.15, 0.2) is 6.10 Å². The Kier molecular flexibility index (Phi) is 5.22. The molecule has 0 heterocycles. The number of hydrogen-bond acceptors (Lipinski definition) is 3. The first-order chi connectivity index (χ1) is 8.76. The maximum Gasteiger partial charge on any atom is 0.420 e. The summed E-state index contributed by atoms with van der Waals surface area (Å²) < 4.78 is 5.84. The maximum atomic E-state index is 11.8. The molecule has 1 atom stereocenters. The fraction of sp³-hybridized carbons (Fsp3) is 0.385. The number of benzene rings is 1. The molecule has 0 saturated heterocycles. The number of carbonyl (C=O) groups excluding carboxylic acids is 1. The van der Waals surface area contributed by atoms with Gasteiger partial charge in [-0.05, 0) is 49.4 Å². The van der Waals surface area contributed by atoms with Crippen molar-refractivity contribution in [1.82, 2.24) is 0 Å². The number of aliphatic hydroxyl groups is 1. The van der Waals surface area contributed by atoms with Crippen molar-refractivity contribution >= 4 is 34.3 Å². The van der Waals surface area contributed by atoms with Crippen LogP contribution in [0.15, 0.2) is 24.3 Å². The lowest BCUT2D eigenvalue weighted by molar-refractivity contribution is -0.152. The number of hydrogen-bond donors (Lipinski definition) is 1. The minimum absolute atomic E-state index is 0.431. The highest BCUT2D eigenvalue weighted by molar-refractivity contribution is 14.1. The zero-order valence-electron chi connectivity index (χ0n) is 10.9. The van der Waals surface area contributed by atoms with Crippen molar-refractivity contribution in [3.8, 4) is 0 Å². The van der Waals surface area contributed by atoms with Crippen LogP contribution in [0.3, 0.4) is 0 Å². The molecule has 0 aliphatic carbocycles. The topological polar surface area (TPSA) is 82.9 Å². The van der Waals surface area contributed by atoms with Crippen LogP contribution in [0.1, 0.15) is 32.4 Å². The van der Waals surface area contributed by atoms with Crippen LogP contribution < -0.4 is 0 Å². The Balaban J connectivity index is 3.03. The second-order valence-electron chi connectivity index (χ2n) is 4.91. The highest BCUT2D eigenvalue weighted by Gasteiger charge is 2.35. The van der Waals surface area contributed by atoms with Crippen molar-refractivity contribution in [1.29, 1.82) is 0 Å².